The summed E-state index contributed by atoms with van der Waals surface area (Å²) in [5, 5.41) is 0. The minimum absolute atomic E-state index is 0.354. The van der Waals surface area contributed by atoms with Crippen LogP contribution in [0.3, 0.4) is 0 Å². The first-order valence-corrected chi connectivity index (χ1v) is 8.63. The molecule has 22 heavy (non-hydrogen) atoms. The molecular formula is C18H28N4. The zero-order valence-corrected chi connectivity index (χ0v) is 13.9. The summed E-state index contributed by atoms with van der Waals surface area (Å²) in [5.41, 5.74) is 2.54. The van der Waals surface area contributed by atoms with Crippen LogP contribution in [0, 0.1) is 0 Å². The van der Waals surface area contributed by atoms with Crippen molar-refractivity contribution in [1.82, 2.24) is 9.80 Å². The molecule has 0 aromatic rings. The van der Waals surface area contributed by atoms with Crippen molar-refractivity contribution in [2.24, 2.45) is 9.98 Å². The van der Waals surface area contributed by atoms with Crippen LogP contribution in [-0.4, -0.2) is 61.5 Å². The Morgan fingerprint density at radius 2 is 1.32 bits per heavy atom. The summed E-state index contributed by atoms with van der Waals surface area (Å²) in [6, 6.07) is 0.708. The quantitative estimate of drug-likeness (QED) is 0.748. The zero-order valence-electron chi connectivity index (χ0n) is 13.9. The Balaban J connectivity index is 1.63. The summed E-state index contributed by atoms with van der Waals surface area (Å²) in [5.74, 6) is 0. The third-order valence-corrected chi connectivity index (χ3v) is 5.01. The number of rotatable bonds is 4. The number of nitrogens with zero attached hydrogens (tertiary/aromatic N) is 4. The maximum atomic E-state index is 4.88. The van der Waals surface area contributed by atoms with Crippen molar-refractivity contribution in [2.75, 3.05) is 27.2 Å². The standard InChI is InChI=1S/C18H28N4/c1-21-11-5-7-15(21)13-19-17-9-3-4-10-18(17)20-14-16-8-6-12-22(16)2/h7-8,13-14,17-18H,3-6,9-12H2,1-2H3. The number of aliphatic imine (C=N–C) groups is 2. The topological polar surface area (TPSA) is 31.2 Å². The van der Waals surface area contributed by atoms with Crippen LogP contribution in [-0.2, 0) is 0 Å². The van der Waals surface area contributed by atoms with E-state index in [2.05, 4.69) is 48.5 Å². The van der Waals surface area contributed by atoms with E-state index in [0.29, 0.717) is 12.1 Å². The van der Waals surface area contributed by atoms with Gasteiger partial charge in [-0.3, -0.25) is 9.98 Å². The van der Waals surface area contributed by atoms with Crippen LogP contribution in [0.15, 0.2) is 33.5 Å². The molecule has 0 bridgehead atoms. The van der Waals surface area contributed by atoms with E-state index in [-0.39, 0.29) is 0 Å². The third-order valence-electron chi connectivity index (χ3n) is 5.01. The summed E-state index contributed by atoms with van der Waals surface area (Å²) in [6.07, 6.45) is 15.9. The molecule has 2 unspecified atom stereocenters. The zero-order chi connectivity index (χ0) is 15.4. The predicted molar refractivity (Wildman–Crippen MR) is 93.7 cm³/mol. The van der Waals surface area contributed by atoms with E-state index in [9.17, 15) is 0 Å². The second kappa shape index (κ2) is 7.12. The van der Waals surface area contributed by atoms with Crippen LogP contribution < -0.4 is 0 Å². The van der Waals surface area contributed by atoms with Gasteiger partial charge in [-0.1, -0.05) is 25.0 Å². The van der Waals surface area contributed by atoms with Gasteiger partial charge in [-0.05, 0) is 25.7 Å². The van der Waals surface area contributed by atoms with Crippen LogP contribution >= 0.6 is 0 Å². The fourth-order valence-corrected chi connectivity index (χ4v) is 3.47. The van der Waals surface area contributed by atoms with E-state index in [1.54, 1.807) is 0 Å². The Bertz CT molecular complexity index is 457. The van der Waals surface area contributed by atoms with Gasteiger partial charge < -0.3 is 9.80 Å². The molecular weight excluding hydrogens is 272 g/mol. The molecule has 1 fully saturated rings. The Kier molecular flexibility index (Phi) is 4.96. The molecule has 0 aromatic carbocycles. The summed E-state index contributed by atoms with van der Waals surface area (Å²) < 4.78 is 0. The van der Waals surface area contributed by atoms with Gasteiger partial charge >= 0.3 is 0 Å². The molecule has 120 valence electrons. The van der Waals surface area contributed by atoms with E-state index in [0.717, 1.165) is 25.9 Å². The van der Waals surface area contributed by atoms with Crippen molar-refractivity contribution in [3.8, 4) is 0 Å². The van der Waals surface area contributed by atoms with Crippen molar-refractivity contribution in [2.45, 2.75) is 50.6 Å². The molecule has 1 aliphatic carbocycles. The fourth-order valence-electron chi connectivity index (χ4n) is 3.47. The molecule has 4 heteroatoms. The second-order valence-corrected chi connectivity index (χ2v) is 6.65. The fraction of sp³-hybridized carbons (Fsp3) is 0.667. The maximum Gasteiger partial charge on any atom is 0.0723 e. The lowest BCUT2D eigenvalue weighted by Gasteiger charge is -2.26. The summed E-state index contributed by atoms with van der Waals surface area (Å²) in [6.45, 7) is 2.24. The van der Waals surface area contributed by atoms with Gasteiger partial charge in [-0.15, -0.1) is 0 Å². The molecule has 0 N–H and O–H groups in total. The lowest BCUT2D eigenvalue weighted by molar-refractivity contribution is 0.388. The first-order chi connectivity index (χ1) is 10.7. The molecule has 0 saturated heterocycles. The molecule has 4 nitrogen and oxygen atoms in total. The number of hydrogen-bond acceptors (Lipinski definition) is 4. The minimum Gasteiger partial charge on any atom is -0.373 e. The van der Waals surface area contributed by atoms with Gasteiger partial charge in [0.25, 0.3) is 0 Å². The highest BCUT2D eigenvalue weighted by molar-refractivity contribution is 5.79. The lowest BCUT2D eigenvalue weighted by Crippen LogP contribution is -2.28. The van der Waals surface area contributed by atoms with Crippen LogP contribution in [0.2, 0.25) is 0 Å². The molecule has 0 spiro atoms. The van der Waals surface area contributed by atoms with E-state index < -0.39 is 0 Å². The largest absolute Gasteiger partial charge is 0.373 e. The molecule has 1 saturated carbocycles. The van der Waals surface area contributed by atoms with Crippen LogP contribution in [0.4, 0.5) is 0 Å². The molecule has 2 aliphatic heterocycles. The van der Waals surface area contributed by atoms with Crippen LogP contribution in [0.1, 0.15) is 38.5 Å². The number of hydrogen-bond donors (Lipinski definition) is 0. The lowest BCUT2D eigenvalue weighted by atomic mass is 9.91. The molecule has 2 atom stereocenters. The predicted octanol–water partition coefficient (Wildman–Crippen LogP) is 2.88. The summed E-state index contributed by atoms with van der Waals surface area (Å²) >= 11 is 0. The Morgan fingerprint density at radius 1 is 0.864 bits per heavy atom. The summed E-state index contributed by atoms with van der Waals surface area (Å²) in [4.78, 5) is 14.3. The first-order valence-electron chi connectivity index (χ1n) is 8.63. The highest BCUT2D eigenvalue weighted by Crippen LogP contribution is 2.24. The van der Waals surface area contributed by atoms with Gasteiger partial charge in [0.2, 0.25) is 0 Å². The van der Waals surface area contributed by atoms with Crippen LogP contribution in [0.25, 0.3) is 0 Å². The highest BCUT2D eigenvalue weighted by Gasteiger charge is 2.24. The van der Waals surface area contributed by atoms with Gasteiger partial charge in [-0.25, -0.2) is 0 Å². The van der Waals surface area contributed by atoms with E-state index in [1.165, 1.54) is 37.1 Å². The van der Waals surface area contributed by atoms with E-state index in [4.69, 9.17) is 9.98 Å². The molecule has 3 rings (SSSR count). The van der Waals surface area contributed by atoms with Gasteiger partial charge in [0, 0.05) is 39.6 Å². The smallest absolute Gasteiger partial charge is 0.0723 e. The van der Waals surface area contributed by atoms with Crippen molar-refractivity contribution in [3.05, 3.63) is 23.5 Å². The SMILES string of the molecule is CN1CCC=C1C=NC1CCCCC1N=CC1=CCCN1C. The maximum absolute atomic E-state index is 4.88. The van der Waals surface area contributed by atoms with Gasteiger partial charge in [0.05, 0.1) is 23.5 Å². The second-order valence-electron chi connectivity index (χ2n) is 6.65. The molecule has 0 radical (unpaired) electrons. The Labute approximate surface area is 134 Å². The van der Waals surface area contributed by atoms with Crippen molar-refractivity contribution >= 4 is 12.4 Å². The Morgan fingerprint density at radius 3 is 1.68 bits per heavy atom. The van der Waals surface area contributed by atoms with E-state index in [1.807, 2.05) is 0 Å². The molecule has 2 heterocycles. The van der Waals surface area contributed by atoms with Gasteiger partial charge in [0.1, 0.15) is 0 Å². The third kappa shape index (κ3) is 3.60. The molecule has 3 aliphatic rings. The molecule has 0 amide bonds. The minimum atomic E-state index is 0.354. The Hall–Kier alpha value is -1.58. The summed E-state index contributed by atoms with van der Waals surface area (Å²) in [7, 11) is 4.29. The average molecular weight is 300 g/mol. The number of allylic oxidation sites excluding steroid dienone is 2. The normalized spacial score (nSPS) is 29.7. The van der Waals surface area contributed by atoms with Crippen molar-refractivity contribution < 1.29 is 0 Å². The van der Waals surface area contributed by atoms with Crippen LogP contribution in [0.5, 0.6) is 0 Å². The average Bonchev–Trinajstić information content (AvgIpc) is 3.12. The van der Waals surface area contributed by atoms with E-state index >= 15 is 0 Å². The highest BCUT2D eigenvalue weighted by atomic mass is 15.1. The van der Waals surface area contributed by atoms with Crippen molar-refractivity contribution in [3.63, 3.8) is 0 Å². The molecule has 0 aromatic heterocycles. The monoisotopic (exact) mass is 300 g/mol. The first kappa shape index (κ1) is 15.3. The van der Waals surface area contributed by atoms with Gasteiger partial charge in [0.15, 0.2) is 0 Å². The van der Waals surface area contributed by atoms with Crippen molar-refractivity contribution in [1.29, 1.82) is 0 Å². The van der Waals surface area contributed by atoms with Gasteiger partial charge in [-0.2, -0.15) is 0 Å².